The van der Waals surface area contributed by atoms with Crippen molar-refractivity contribution >= 4 is 46.3 Å². The van der Waals surface area contributed by atoms with Crippen molar-refractivity contribution in [2.45, 2.75) is 32.6 Å². The molecule has 0 spiro atoms. The number of rotatable bonds is 9. The summed E-state index contributed by atoms with van der Waals surface area (Å²) in [7, 11) is 1.62. The van der Waals surface area contributed by atoms with Crippen LogP contribution in [0.3, 0.4) is 0 Å². The Morgan fingerprint density at radius 3 is 2.62 bits per heavy atom. The summed E-state index contributed by atoms with van der Waals surface area (Å²) in [5, 5.41) is 0. The number of carbonyl (C=O) groups is 2. The molecule has 1 amide bonds. The van der Waals surface area contributed by atoms with Crippen LogP contribution < -0.4 is 4.74 Å². The van der Waals surface area contributed by atoms with Crippen LogP contribution in [0, 0.1) is 0 Å². The van der Waals surface area contributed by atoms with Crippen molar-refractivity contribution in [2.75, 3.05) is 20.3 Å². The molecule has 1 aromatic rings. The summed E-state index contributed by atoms with van der Waals surface area (Å²) >= 11 is 6.66. The van der Waals surface area contributed by atoms with Gasteiger partial charge in [-0.3, -0.25) is 14.5 Å². The molecule has 1 aliphatic heterocycles. The van der Waals surface area contributed by atoms with E-state index in [1.807, 2.05) is 30.3 Å². The number of carbonyl (C=O) groups excluding carboxylic acids is 2. The molecule has 1 fully saturated rings. The van der Waals surface area contributed by atoms with Gasteiger partial charge in [0, 0.05) is 13.0 Å². The quantitative estimate of drug-likeness (QED) is 0.273. The molecule has 2 rings (SSSR count). The molecular formula is C19H23NO4S2. The number of ether oxygens (including phenoxy) is 2. The van der Waals surface area contributed by atoms with Gasteiger partial charge >= 0.3 is 5.97 Å². The predicted octanol–water partition coefficient (Wildman–Crippen LogP) is 4.02. The Morgan fingerprint density at radius 2 is 1.96 bits per heavy atom. The van der Waals surface area contributed by atoms with Crippen LogP contribution in [0.15, 0.2) is 29.2 Å². The third kappa shape index (κ3) is 5.85. The molecular weight excluding hydrogens is 370 g/mol. The molecule has 0 radical (unpaired) electrons. The Labute approximate surface area is 163 Å². The Morgan fingerprint density at radius 1 is 1.23 bits per heavy atom. The van der Waals surface area contributed by atoms with Crippen LogP contribution in [0.25, 0.3) is 6.08 Å². The molecule has 1 saturated heterocycles. The Kier molecular flexibility index (Phi) is 8.12. The highest BCUT2D eigenvalue weighted by Crippen LogP contribution is 2.33. The highest BCUT2D eigenvalue weighted by Gasteiger charge is 2.31. The van der Waals surface area contributed by atoms with E-state index >= 15 is 0 Å². The number of amides is 1. The standard InChI is InChI=1S/C19H23NO4S2/c1-3-24-17(21)7-5-4-6-12-20-18(22)16(26-19(20)25)13-14-8-10-15(23-2)11-9-14/h8-11,13H,3-7,12H2,1-2H3. The molecule has 0 aliphatic carbocycles. The van der Waals surface area contributed by atoms with Gasteiger partial charge in [0.25, 0.3) is 5.91 Å². The minimum Gasteiger partial charge on any atom is -0.497 e. The van der Waals surface area contributed by atoms with Gasteiger partial charge in [-0.25, -0.2) is 0 Å². The normalized spacial score (nSPS) is 15.6. The first-order chi connectivity index (χ1) is 12.5. The monoisotopic (exact) mass is 393 g/mol. The lowest BCUT2D eigenvalue weighted by Gasteiger charge is -2.13. The first-order valence-electron chi connectivity index (χ1n) is 8.60. The molecule has 0 unspecified atom stereocenters. The summed E-state index contributed by atoms with van der Waals surface area (Å²) in [6.45, 7) is 2.79. The number of unbranched alkanes of at least 4 members (excludes halogenated alkanes) is 2. The molecule has 0 N–H and O–H groups in total. The fourth-order valence-corrected chi connectivity index (χ4v) is 3.80. The number of esters is 1. The van der Waals surface area contributed by atoms with E-state index < -0.39 is 0 Å². The van der Waals surface area contributed by atoms with E-state index in [-0.39, 0.29) is 11.9 Å². The zero-order valence-electron chi connectivity index (χ0n) is 15.0. The Hall–Kier alpha value is -1.86. The molecule has 26 heavy (non-hydrogen) atoms. The SMILES string of the molecule is CCOC(=O)CCCCCN1C(=O)C(=Cc2ccc(OC)cc2)SC1=S. The Bertz CT molecular complexity index is 685. The first kappa shape index (κ1) is 20.5. The zero-order valence-corrected chi connectivity index (χ0v) is 16.7. The van der Waals surface area contributed by atoms with Crippen LogP contribution in [-0.2, 0) is 14.3 Å². The van der Waals surface area contributed by atoms with E-state index in [0.29, 0.717) is 28.8 Å². The maximum Gasteiger partial charge on any atom is 0.305 e. The van der Waals surface area contributed by atoms with E-state index in [1.54, 1.807) is 18.9 Å². The van der Waals surface area contributed by atoms with E-state index in [4.69, 9.17) is 21.7 Å². The van der Waals surface area contributed by atoms with Gasteiger partial charge in [0.15, 0.2) is 0 Å². The minimum absolute atomic E-state index is 0.0544. The second-order valence-corrected chi connectivity index (χ2v) is 7.40. The van der Waals surface area contributed by atoms with Gasteiger partial charge in [-0.05, 0) is 43.5 Å². The fourth-order valence-electron chi connectivity index (χ4n) is 2.49. The van der Waals surface area contributed by atoms with E-state index in [0.717, 1.165) is 30.6 Å². The topological polar surface area (TPSA) is 55.8 Å². The van der Waals surface area contributed by atoms with Crippen molar-refractivity contribution in [3.05, 3.63) is 34.7 Å². The number of thioether (sulfide) groups is 1. The molecule has 0 bridgehead atoms. The fraction of sp³-hybridized carbons (Fsp3) is 0.421. The van der Waals surface area contributed by atoms with Crippen molar-refractivity contribution in [1.82, 2.24) is 4.90 Å². The second-order valence-electron chi connectivity index (χ2n) is 5.72. The molecule has 1 aliphatic rings. The molecule has 5 nitrogen and oxygen atoms in total. The molecule has 1 aromatic carbocycles. The van der Waals surface area contributed by atoms with Gasteiger partial charge < -0.3 is 9.47 Å². The van der Waals surface area contributed by atoms with E-state index in [1.165, 1.54) is 11.8 Å². The van der Waals surface area contributed by atoms with Crippen LogP contribution in [0.1, 0.15) is 38.2 Å². The number of nitrogens with zero attached hydrogens (tertiary/aromatic N) is 1. The summed E-state index contributed by atoms with van der Waals surface area (Å²) in [5.41, 5.74) is 0.931. The van der Waals surface area contributed by atoms with Gasteiger partial charge in [-0.1, -0.05) is 42.5 Å². The van der Waals surface area contributed by atoms with E-state index in [9.17, 15) is 9.59 Å². The molecule has 140 valence electrons. The highest BCUT2D eigenvalue weighted by molar-refractivity contribution is 8.26. The molecule has 0 atom stereocenters. The van der Waals surface area contributed by atoms with Crippen LogP contribution in [0.5, 0.6) is 5.75 Å². The third-order valence-electron chi connectivity index (χ3n) is 3.86. The average molecular weight is 394 g/mol. The van der Waals surface area contributed by atoms with Crippen molar-refractivity contribution < 1.29 is 19.1 Å². The van der Waals surface area contributed by atoms with Gasteiger partial charge in [0.1, 0.15) is 10.1 Å². The molecule has 0 aromatic heterocycles. The highest BCUT2D eigenvalue weighted by atomic mass is 32.2. The van der Waals surface area contributed by atoms with Crippen molar-refractivity contribution in [2.24, 2.45) is 0 Å². The lowest BCUT2D eigenvalue weighted by Crippen LogP contribution is -2.29. The number of methoxy groups -OCH3 is 1. The van der Waals surface area contributed by atoms with Crippen molar-refractivity contribution in [3.63, 3.8) is 0 Å². The summed E-state index contributed by atoms with van der Waals surface area (Å²) in [6, 6.07) is 7.52. The smallest absolute Gasteiger partial charge is 0.305 e. The molecule has 0 saturated carbocycles. The Balaban J connectivity index is 1.84. The number of thiocarbonyl (C=S) groups is 1. The van der Waals surface area contributed by atoms with Gasteiger partial charge in [0.05, 0.1) is 18.6 Å². The van der Waals surface area contributed by atoms with Crippen LogP contribution >= 0.6 is 24.0 Å². The lowest BCUT2D eigenvalue weighted by molar-refractivity contribution is -0.143. The summed E-state index contributed by atoms with van der Waals surface area (Å²) in [4.78, 5) is 26.1. The van der Waals surface area contributed by atoms with Gasteiger partial charge in [-0.15, -0.1) is 0 Å². The number of benzene rings is 1. The molecule has 1 heterocycles. The lowest BCUT2D eigenvalue weighted by atomic mass is 10.2. The molecule has 7 heteroatoms. The third-order valence-corrected chi connectivity index (χ3v) is 5.23. The van der Waals surface area contributed by atoms with Crippen LogP contribution in [0.4, 0.5) is 0 Å². The summed E-state index contributed by atoms with van der Waals surface area (Å²) < 4.78 is 10.6. The maximum atomic E-state index is 12.6. The van der Waals surface area contributed by atoms with E-state index in [2.05, 4.69) is 0 Å². The second kappa shape index (κ2) is 10.3. The minimum atomic E-state index is -0.166. The maximum absolute atomic E-state index is 12.6. The zero-order chi connectivity index (χ0) is 18.9. The number of hydrogen-bond donors (Lipinski definition) is 0. The predicted molar refractivity (Wildman–Crippen MR) is 108 cm³/mol. The van der Waals surface area contributed by atoms with Crippen molar-refractivity contribution in [1.29, 1.82) is 0 Å². The van der Waals surface area contributed by atoms with Gasteiger partial charge in [0.2, 0.25) is 0 Å². The first-order valence-corrected chi connectivity index (χ1v) is 9.82. The number of hydrogen-bond acceptors (Lipinski definition) is 6. The van der Waals surface area contributed by atoms with Crippen molar-refractivity contribution in [3.8, 4) is 5.75 Å². The summed E-state index contributed by atoms with van der Waals surface area (Å²) in [5.74, 6) is 0.555. The average Bonchev–Trinajstić information content (AvgIpc) is 2.89. The largest absolute Gasteiger partial charge is 0.497 e. The van der Waals surface area contributed by atoms with Crippen LogP contribution in [-0.4, -0.2) is 41.4 Å². The van der Waals surface area contributed by atoms with Gasteiger partial charge in [-0.2, -0.15) is 0 Å². The van der Waals surface area contributed by atoms with Crippen LogP contribution in [0.2, 0.25) is 0 Å². The summed E-state index contributed by atoms with van der Waals surface area (Å²) in [6.07, 6.45) is 4.69.